The van der Waals surface area contributed by atoms with E-state index in [1.807, 2.05) is 42.5 Å². The van der Waals surface area contributed by atoms with Gasteiger partial charge in [0.2, 0.25) is 0 Å². The summed E-state index contributed by atoms with van der Waals surface area (Å²) in [5.74, 6) is -0.283. The van der Waals surface area contributed by atoms with E-state index < -0.39 is 5.41 Å². The van der Waals surface area contributed by atoms with Gasteiger partial charge in [-0.2, -0.15) is 0 Å². The number of rotatable bonds is 6. The van der Waals surface area contributed by atoms with Crippen LogP contribution in [0.25, 0.3) is 6.08 Å². The van der Waals surface area contributed by atoms with E-state index in [2.05, 4.69) is 0 Å². The third kappa shape index (κ3) is 3.60. The average molecular weight is 286 g/mol. The predicted molar refractivity (Wildman–Crippen MR) is 82.6 cm³/mol. The highest BCUT2D eigenvalue weighted by Gasteiger charge is 2.48. The van der Waals surface area contributed by atoms with Crippen molar-refractivity contribution in [3.8, 4) is 0 Å². The zero-order valence-electron chi connectivity index (χ0n) is 12.5. The predicted octanol–water partition coefficient (Wildman–Crippen LogP) is 3.78. The fraction of sp³-hybridized carbons (Fsp3) is 0.444. The Morgan fingerprint density at radius 3 is 2.71 bits per heavy atom. The highest BCUT2D eigenvalue weighted by molar-refractivity contribution is 6.05. The summed E-state index contributed by atoms with van der Waals surface area (Å²) in [4.78, 5) is 24.3. The van der Waals surface area contributed by atoms with Crippen molar-refractivity contribution in [2.75, 3.05) is 6.61 Å². The second kappa shape index (κ2) is 7.21. The van der Waals surface area contributed by atoms with Crippen molar-refractivity contribution in [3.05, 3.63) is 42.0 Å². The van der Waals surface area contributed by atoms with Crippen molar-refractivity contribution >= 4 is 17.8 Å². The number of Topliss-reactive ketones (excluding diaryl/α,β-unsaturated/α-hetero) is 1. The molecule has 0 bridgehead atoms. The first-order valence-electron chi connectivity index (χ1n) is 7.61. The van der Waals surface area contributed by atoms with Gasteiger partial charge in [0, 0.05) is 6.42 Å². The van der Waals surface area contributed by atoms with Crippen LogP contribution in [-0.4, -0.2) is 18.4 Å². The highest BCUT2D eigenvalue weighted by atomic mass is 16.5. The SMILES string of the molecule is CCOC(=O)C1(CC/C=C/c2ccccc2)CCCC1=O. The number of hydrogen-bond donors (Lipinski definition) is 0. The molecule has 112 valence electrons. The zero-order valence-corrected chi connectivity index (χ0v) is 12.5. The lowest BCUT2D eigenvalue weighted by molar-refractivity contribution is -0.159. The van der Waals surface area contributed by atoms with Crippen molar-refractivity contribution < 1.29 is 14.3 Å². The fourth-order valence-corrected chi connectivity index (χ4v) is 2.89. The van der Waals surface area contributed by atoms with Gasteiger partial charge < -0.3 is 4.74 Å². The van der Waals surface area contributed by atoms with Gasteiger partial charge in [-0.3, -0.25) is 9.59 Å². The quantitative estimate of drug-likeness (QED) is 0.590. The summed E-state index contributed by atoms with van der Waals surface area (Å²) in [7, 11) is 0. The van der Waals surface area contributed by atoms with Gasteiger partial charge >= 0.3 is 5.97 Å². The molecule has 1 fully saturated rings. The Hall–Kier alpha value is -1.90. The Morgan fingerprint density at radius 2 is 2.10 bits per heavy atom. The molecule has 0 amide bonds. The first-order chi connectivity index (χ1) is 10.2. The van der Waals surface area contributed by atoms with Crippen LogP contribution in [0.15, 0.2) is 36.4 Å². The van der Waals surface area contributed by atoms with Gasteiger partial charge in [0.25, 0.3) is 0 Å². The van der Waals surface area contributed by atoms with Gasteiger partial charge in [-0.05, 0) is 38.2 Å². The molecule has 0 radical (unpaired) electrons. The monoisotopic (exact) mass is 286 g/mol. The Labute approximate surface area is 126 Å². The molecule has 1 unspecified atom stereocenters. The molecule has 0 spiro atoms. The van der Waals surface area contributed by atoms with E-state index in [0.717, 1.165) is 12.0 Å². The van der Waals surface area contributed by atoms with Gasteiger partial charge in [0.05, 0.1) is 6.61 Å². The standard InChI is InChI=1S/C18H22O3/c1-2-21-17(20)18(14-8-12-16(18)19)13-7-6-11-15-9-4-3-5-10-15/h3-6,9-11H,2,7-8,12-14H2,1H3/b11-6+. The molecule has 1 aromatic carbocycles. The van der Waals surface area contributed by atoms with E-state index in [0.29, 0.717) is 32.3 Å². The number of esters is 1. The maximum Gasteiger partial charge on any atom is 0.319 e. The number of carbonyl (C=O) groups is 2. The molecule has 0 N–H and O–H groups in total. The van der Waals surface area contributed by atoms with Crippen LogP contribution in [0.4, 0.5) is 0 Å². The lowest BCUT2D eigenvalue weighted by atomic mass is 9.80. The molecule has 0 aliphatic heterocycles. The Kier molecular flexibility index (Phi) is 5.32. The van der Waals surface area contributed by atoms with Crippen molar-refractivity contribution in [3.63, 3.8) is 0 Å². The smallest absolute Gasteiger partial charge is 0.319 e. The van der Waals surface area contributed by atoms with Crippen LogP contribution in [0, 0.1) is 5.41 Å². The summed E-state index contributed by atoms with van der Waals surface area (Å²) < 4.78 is 5.13. The van der Waals surface area contributed by atoms with E-state index >= 15 is 0 Å². The van der Waals surface area contributed by atoms with E-state index in [1.54, 1.807) is 6.92 Å². The van der Waals surface area contributed by atoms with Crippen molar-refractivity contribution in [2.45, 2.75) is 39.0 Å². The van der Waals surface area contributed by atoms with Crippen LogP contribution < -0.4 is 0 Å². The highest BCUT2D eigenvalue weighted by Crippen LogP contribution is 2.40. The molecule has 1 atom stereocenters. The molecule has 1 saturated carbocycles. The van der Waals surface area contributed by atoms with Crippen molar-refractivity contribution in [2.24, 2.45) is 5.41 Å². The summed E-state index contributed by atoms with van der Waals surface area (Å²) in [5.41, 5.74) is 0.234. The van der Waals surface area contributed by atoms with Gasteiger partial charge in [-0.1, -0.05) is 42.5 Å². The van der Waals surface area contributed by atoms with Gasteiger partial charge in [0.15, 0.2) is 0 Å². The molecule has 3 heteroatoms. The molecule has 1 aromatic rings. The molecular weight excluding hydrogens is 264 g/mol. The van der Waals surface area contributed by atoms with E-state index in [1.165, 1.54) is 0 Å². The molecule has 21 heavy (non-hydrogen) atoms. The third-order valence-corrected chi connectivity index (χ3v) is 4.05. The maximum atomic E-state index is 12.2. The minimum absolute atomic E-state index is 0.0501. The lowest BCUT2D eigenvalue weighted by Crippen LogP contribution is -2.36. The van der Waals surface area contributed by atoms with Gasteiger partial charge in [-0.25, -0.2) is 0 Å². The van der Waals surface area contributed by atoms with Crippen LogP contribution in [0.1, 0.15) is 44.6 Å². The van der Waals surface area contributed by atoms with Crippen LogP contribution >= 0.6 is 0 Å². The van der Waals surface area contributed by atoms with Crippen LogP contribution in [0.3, 0.4) is 0 Å². The zero-order chi connectivity index (χ0) is 15.1. The molecule has 2 rings (SSSR count). The molecule has 0 heterocycles. The van der Waals surface area contributed by atoms with Gasteiger partial charge in [-0.15, -0.1) is 0 Å². The normalized spacial score (nSPS) is 21.9. The fourth-order valence-electron chi connectivity index (χ4n) is 2.89. The average Bonchev–Trinajstić information content (AvgIpc) is 2.87. The third-order valence-electron chi connectivity index (χ3n) is 4.05. The van der Waals surface area contributed by atoms with Crippen molar-refractivity contribution in [1.82, 2.24) is 0 Å². The Bertz CT molecular complexity index is 519. The summed E-state index contributed by atoms with van der Waals surface area (Å²) in [6, 6.07) is 10.0. The number of allylic oxidation sites excluding steroid dienone is 1. The second-order valence-corrected chi connectivity index (χ2v) is 5.43. The molecule has 1 aliphatic rings. The van der Waals surface area contributed by atoms with Crippen LogP contribution in [0.5, 0.6) is 0 Å². The van der Waals surface area contributed by atoms with E-state index in [9.17, 15) is 9.59 Å². The summed E-state index contributed by atoms with van der Waals surface area (Å²) >= 11 is 0. The van der Waals surface area contributed by atoms with Crippen LogP contribution in [0.2, 0.25) is 0 Å². The molecule has 3 nitrogen and oxygen atoms in total. The second-order valence-electron chi connectivity index (χ2n) is 5.43. The first kappa shape index (κ1) is 15.5. The van der Waals surface area contributed by atoms with Crippen LogP contribution in [-0.2, 0) is 14.3 Å². The molecule has 0 aromatic heterocycles. The topological polar surface area (TPSA) is 43.4 Å². The van der Waals surface area contributed by atoms with E-state index in [-0.39, 0.29) is 11.8 Å². The van der Waals surface area contributed by atoms with E-state index in [4.69, 9.17) is 4.74 Å². The minimum Gasteiger partial charge on any atom is -0.465 e. The Balaban J connectivity index is 1.99. The minimum atomic E-state index is -0.892. The number of hydrogen-bond acceptors (Lipinski definition) is 3. The summed E-state index contributed by atoms with van der Waals surface area (Å²) in [5, 5.41) is 0. The number of ether oxygens (including phenoxy) is 1. The molecule has 1 aliphatic carbocycles. The largest absolute Gasteiger partial charge is 0.465 e. The number of ketones is 1. The number of benzene rings is 1. The summed E-state index contributed by atoms with van der Waals surface area (Å²) in [6.07, 6.45) is 7.23. The molecule has 0 saturated heterocycles. The molecular formula is C18H22O3. The van der Waals surface area contributed by atoms with Gasteiger partial charge in [0.1, 0.15) is 11.2 Å². The maximum absolute atomic E-state index is 12.2. The first-order valence-corrected chi connectivity index (χ1v) is 7.61. The Morgan fingerprint density at radius 1 is 1.33 bits per heavy atom. The number of carbonyl (C=O) groups excluding carboxylic acids is 2. The van der Waals surface area contributed by atoms with Crippen molar-refractivity contribution in [1.29, 1.82) is 0 Å². The summed E-state index contributed by atoms with van der Waals surface area (Å²) in [6.45, 7) is 2.11. The lowest BCUT2D eigenvalue weighted by Gasteiger charge is -2.24.